The third kappa shape index (κ3) is 6.47. The van der Waals surface area contributed by atoms with E-state index in [0.717, 1.165) is 17.7 Å². The van der Waals surface area contributed by atoms with Gasteiger partial charge >= 0.3 is 0 Å². The maximum Gasteiger partial charge on any atom is 0.237 e. The first-order chi connectivity index (χ1) is 14.0. The van der Waals surface area contributed by atoms with Crippen LogP contribution < -0.4 is 4.90 Å². The molecule has 0 aromatic heterocycles. The van der Waals surface area contributed by atoms with Gasteiger partial charge in [-0.3, -0.25) is 14.5 Å². The molecule has 6 heteroatoms. The van der Waals surface area contributed by atoms with Gasteiger partial charge in [-0.05, 0) is 18.6 Å². The Morgan fingerprint density at radius 2 is 1.66 bits per heavy atom. The number of unbranched alkanes of at least 4 members (excludes halogenated alkanes) is 9. The highest BCUT2D eigenvalue weighted by atomic mass is 35.5. The van der Waals surface area contributed by atoms with Gasteiger partial charge in [0.25, 0.3) is 0 Å². The van der Waals surface area contributed by atoms with Crippen LogP contribution in [-0.2, 0) is 9.59 Å². The van der Waals surface area contributed by atoms with Crippen LogP contribution in [-0.4, -0.2) is 16.9 Å². The molecule has 1 aromatic carbocycles. The van der Waals surface area contributed by atoms with Crippen molar-refractivity contribution in [3.63, 3.8) is 0 Å². The van der Waals surface area contributed by atoms with Crippen molar-refractivity contribution in [1.29, 1.82) is 5.26 Å². The fourth-order valence-corrected chi connectivity index (χ4v) is 4.08. The molecule has 5 nitrogen and oxygen atoms in total. The van der Waals surface area contributed by atoms with Gasteiger partial charge in [-0.25, -0.2) is 0 Å². The van der Waals surface area contributed by atoms with E-state index in [-0.39, 0.29) is 46.2 Å². The number of nitriles is 1. The average Bonchev–Trinajstić information content (AvgIpc) is 2.98. The number of nitrogens with zero attached hydrogens (tertiary/aromatic N) is 2. The average molecular weight is 419 g/mol. The van der Waals surface area contributed by atoms with Gasteiger partial charge in [0.05, 0.1) is 16.3 Å². The smallest absolute Gasteiger partial charge is 0.237 e. The molecule has 1 aromatic rings. The number of hydrogen-bond acceptors (Lipinski definition) is 4. The van der Waals surface area contributed by atoms with E-state index in [2.05, 4.69) is 6.92 Å². The molecule has 0 saturated carbocycles. The Bertz CT molecular complexity index is 757. The topological polar surface area (TPSA) is 81.4 Å². The van der Waals surface area contributed by atoms with Crippen molar-refractivity contribution in [3.8, 4) is 11.8 Å². The summed E-state index contributed by atoms with van der Waals surface area (Å²) in [5.41, 5.74) is 0.205. The maximum atomic E-state index is 12.7. The molecule has 1 aliphatic rings. The summed E-state index contributed by atoms with van der Waals surface area (Å²) in [6, 6.07) is 4.52. The quantitative estimate of drug-likeness (QED) is 0.328. The third-order valence-electron chi connectivity index (χ3n) is 5.57. The lowest BCUT2D eigenvalue weighted by Gasteiger charge is -2.16. The number of hydrogen-bond donors (Lipinski definition) is 1. The third-order valence-corrected chi connectivity index (χ3v) is 5.86. The van der Waals surface area contributed by atoms with Gasteiger partial charge in [-0.15, -0.1) is 0 Å². The summed E-state index contributed by atoms with van der Waals surface area (Å²) in [4.78, 5) is 26.2. The summed E-state index contributed by atoms with van der Waals surface area (Å²) in [6.45, 7) is 2.23. The van der Waals surface area contributed by atoms with E-state index in [1.165, 1.54) is 63.5 Å². The van der Waals surface area contributed by atoms with E-state index in [1.807, 2.05) is 6.07 Å². The Balaban J connectivity index is 1.77. The number of phenols is 1. The maximum absolute atomic E-state index is 12.7. The summed E-state index contributed by atoms with van der Waals surface area (Å²) < 4.78 is 0. The zero-order valence-electron chi connectivity index (χ0n) is 17.3. The molecular weight excluding hydrogens is 388 g/mol. The number of halogens is 1. The van der Waals surface area contributed by atoms with E-state index >= 15 is 0 Å². The van der Waals surface area contributed by atoms with Gasteiger partial charge < -0.3 is 5.11 Å². The van der Waals surface area contributed by atoms with Crippen molar-refractivity contribution >= 4 is 29.1 Å². The highest BCUT2D eigenvalue weighted by molar-refractivity contribution is 6.33. The lowest BCUT2D eigenvalue weighted by atomic mass is 9.98. The Hall–Kier alpha value is -2.06. The zero-order valence-corrected chi connectivity index (χ0v) is 18.0. The van der Waals surface area contributed by atoms with E-state index in [0.29, 0.717) is 6.42 Å². The summed E-state index contributed by atoms with van der Waals surface area (Å²) in [6.07, 6.45) is 13.2. The van der Waals surface area contributed by atoms with Gasteiger partial charge in [-0.1, -0.05) is 82.7 Å². The summed E-state index contributed by atoms with van der Waals surface area (Å²) in [7, 11) is 0. The molecule has 1 saturated heterocycles. The van der Waals surface area contributed by atoms with E-state index in [9.17, 15) is 14.7 Å². The summed E-state index contributed by atoms with van der Waals surface area (Å²) >= 11 is 5.94. The molecule has 158 valence electrons. The second kappa shape index (κ2) is 11.8. The number of aromatic hydroxyl groups is 1. The minimum Gasteiger partial charge on any atom is -0.505 e. The number of imide groups is 1. The molecule has 2 amide bonds. The van der Waals surface area contributed by atoms with Gasteiger partial charge in [0.1, 0.15) is 6.07 Å². The molecule has 1 heterocycles. The van der Waals surface area contributed by atoms with Crippen molar-refractivity contribution in [3.05, 3.63) is 22.7 Å². The monoisotopic (exact) mass is 418 g/mol. The molecular formula is C23H31ClN2O3. The number of amides is 2. The number of rotatable bonds is 12. The molecule has 0 aliphatic carbocycles. The number of anilines is 1. The minimum atomic E-state index is -0.334. The van der Waals surface area contributed by atoms with Crippen molar-refractivity contribution < 1.29 is 14.7 Å². The highest BCUT2D eigenvalue weighted by Crippen LogP contribution is 2.36. The standard InChI is InChI=1S/C23H31ClN2O3/c1-2-3-4-5-6-7-8-9-10-11-12-17-14-21(27)26(23(17)29)19-13-18(16-25)22(28)20(24)15-19/h13,15,17,28H,2-12,14H2,1H3. The molecule has 0 bridgehead atoms. The molecule has 1 aliphatic heterocycles. The SMILES string of the molecule is CCCCCCCCCCCCC1CC(=O)N(c2cc(Cl)c(O)c(C#N)c2)C1=O. The fraction of sp³-hybridized carbons (Fsp3) is 0.609. The van der Waals surface area contributed by atoms with E-state index < -0.39 is 0 Å². The largest absolute Gasteiger partial charge is 0.505 e. The minimum absolute atomic E-state index is 0.0437. The molecule has 0 radical (unpaired) electrons. The van der Waals surface area contributed by atoms with Crippen molar-refractivity contribution in [2.45, 2.75) is 84.0 Å². The first-order valence-corrected chi connectivity index (χ1v) is 11.2. The Labute approximate surface area is 178 Å². The van der Waals surface area contributed by atoms with Crippen LogP contribution in [0.1, 0.15) is 89.5 Å². The van der Waals surface area contributed by atoms with E-state index in [4.69, 9.17) is 16.9 Å². The van der Waals surface area contributed by atoms with Crippen LogP contribution in [0.3, 0.4) is 0 Å². The van der Waals surface area contributed by atoms with Crippen LogP contribution >= 0.6 is 11.6 Å². The van der Waals surface area contributed by atoms with Gasteiger partial charge in [0.15, 0.2) is 5.75 Å². The fourth-order valence-electron chi connectivity index (χ4n) is 3.87. The predicted molar refractivity (Wildman–Crippen MR) is 115 cm³/mol. The number of benzene rings is 1. The molecule has 1 N–H and O–H groups in total. The Morgan fingerprint density at radius 1 is 1.07 bits per heavy atom. The Morgan fingerprint density at radius 3 is 2.24 bits per heavy atom. The molecule has 1 atom stereocenters. The van der Waals surface area contributed by atoms with Crippen molar-refractivity contribution in [2.75, 3.05) is 4.90 Å². The van der Waals surface area contributed by atoms with Gasteiger partial charge in [0.2, 0.25) is 11.8 Å². The lowest BCUT2D eigenvalue weighted by molar-refractivity contribution is -0.122. The van der Waals surface area contributed by atoms with Gasteiger partial charge in [0, 0.05) is 12.3 Å². The first kappa shape index (κ1) is 23.2. The molecule has 1 fully saturated rings. The van der Waals surface area contributed by atoms with Crippen LogP contribution in [0.15, 0.2) is 12.1 Å². The highest BCUT2D eigenvalue weighted by Gasteiger charge is 2.39. The first-order valence-electron chi connectivity index (χ1n) is 10.8. The molecule has 1 unspecified atom stereocenters. The predicted octanol–water partition coefficient (Wildman–Crippen LogP) is 6.11. The second-order valence-electron chi connectivity index (χ2n) is 7.87. The van der Waals surface area contributed by atoms with Gasteiger partial charge in [-0.2, -0.15) is 5.26 Å². The second-order valence-corrected chi connectivity index (χ2v) is 8.28. The molecule has 2 rings (SSSR count). The summed E-state index contributed by atoms with van der Waals surface area (Å²) in [5.74, 6) is -1.16. The van der Waals surface area contributed by atoms with Crippen LogP contribution in [0, 0.1) is 17.2 Å². The van der Waals surface area contributed by atoms with E-state index in [1.54, 1.807) is 0 Å². The van der Waals surface area contributed by atoms with Crippen molar-refractivity contribution in [2.24, 2.45) is 5.92 Å². The number of phenolic OH excluding ortho intramolecular Hbond substituents is 1. The van der Waals surface area contributed by atoms with Crippen molar-refractivity contribution in [1.82, 2.24) is 0 Å². The Kier molecular flexibility index (Phi) is 9.47. The van der Waals surface area contributed by atoms with Crippen LogP contribution in [0.5, 0.6) is 5.75 Å². The zero-order chi connectivity index (χ0) is 21.2. The summed E-state index contributed by atoms with van der Waals surface area (Å²) in [5, 5.41) is 18.8. The molecule has 0 spiro atoms. The number of carbonyl (C=O) groups is 2. The van der Waals surface area contributed by atoms with Crippen LogP contribution in [0.2, 0.25) is 5.02 Å². The van der Waals surface area contributed by atoms with Crippen LogP contribution in [0.25, 0.3) is 0 Å². The lowest BCUT2D eigenvalue weighted by Crippen LogP contribution is -2.30. The molecule has 29 heavy (non-hydrogen) atoms. The normalized spacial score (nSPS) is 16.4. The van der Waals surface area contributed by atoms with Crippen LogP contribution in [0.4, 0.5) is 5.69 Å². The number of carbonyl (C=O) groups excluding carboxylic acids is 2.